The van der Waals surface area contributed by atoms with Crippen LogP contribution in [-0.2, 0) is 12.8 Å². The summed E-state index contributed by atoms with van der Waals surface area (Å²) in [6.07, 6.45) is 2.73. The number of aliphatic hydroxyl groups is 1. The third-order valence-corrected chi connectivity index (χ3v) is 3.07. The molecule has 100 valence electrons. The Kier molecular flexibility index (Phi) is 4.71. The highest BCUT2D eigenvalue weighted by Crippen LogP contribution is 2.27. The summed E-state index contributed by atoms with van der Waals surface area (Å²) in [5, 5.41) is 9.28. The lowest BCUT2D eigenvalue weighted by atomic mass is 10.1. The molecular formula is C14H15ClN2O2. The fourth-order valence-electron chi connectivity index (χ4n) is 1.73. The van der Waals surface area contributed by atoms with Crippen molar-refractivity contribution >= 4 is 11.6 Å². The van der Waals surface area contributed by atoms with E-state index in [1.54, 1.807) is 0 Å². The molecule has 0 unspecified atom stereocenters. The van der Waals surface area contributed by atoms with Gasteiger partial charge in [-0.05, 0) is 30.5 Å². The molecule has 19 heavy (non-hydrogen) atoms. The average Bonchev–Trinajstić information content (AvgIpc) is 2.42. The minimum Gasteiger partial charge on any atom is -0.439 e. The summed E-state index contributed by atoms with van der Waals surface area (Å²) in [5.74, 6) is 1.17. The van der Waals surface area contributed by atoms with E-state index in [9.17, 15) is 0 Å². The van der Waals surface area contributed by atoms with Crippen LogP contribution in [0.3, 0.4) is 0 Å². The van der Waals surface area contributed by atoms with Gasteiger partial charge in [0.1, 0.15) is 17.2 Å². The second kappa shape index (κ2) is 6.50. The number of hydrogen-bond donors (Lipinski definition) is 1. The summed E-state index contributed by atoms with van der Waals surface area (Å²) in [6, 6.07) is 7.53. The Morgan fingerprint density at radius 3 is 2.58 bits per heavy atom. The Morgan fingerprint density at radius 1 is 1.21 bits per heavy atom. The van der Waals surface area contributed by atoms with Gasteiger partial charge in [0.25, 0.3) is 0 Å². The van der Waals surface area contributed by atoms with Gasteiger partial charge in [-0.15, -0.1) is 0 Å². The van der Waals surface area contributed by atoms with Crippen molar-refractivity contribution in [3.8, 4) is 11.6 Å². The first-order valence-corrected chi connectivity index (χ1v) is 6.49. The first kappa shape index (κ1) is 13.8. The van der Waals surface area contributed by atoms with Crippen molar-refractivity contribution in [1.82, 2.24) is 9.97 Å². The summed E-state index contributed by atoms with van der Waals surface area (Å²) in [6.45, 7) is 2.11. The first-order chi connectivity index (χ1) is 9.24. The maximum atomic E-state index is 8.86. The van der Waals surface area contributed by atoms with E-state index in [0.29, 0.717) is 29.6 Å². The number of ether oxygens (including phenoxy) is 1. The molecule has 0 fully saturated rings. The van der Waals surface area contributed by atoms with E-state index in [4.69, 9.17) is 21.4 Å². The minimum absolute atomic E-state index is 0.141. The van der Waals surface area contributed by atoms with Crippen LogP contribution in [0, 0.1) is 0 Å². The van der Waals surface area contributed by atoms with Gasteiger partial charge >= 0.3 is 0 Å². The fourth-order valence-corrected chi connectivity index (χ4v) is 1.98. The molecule has 0 saturated heterocycles. The molecule has 4 nitrogen and oxygen atoms in total. The summed E-state index contributed by atoms with van der Waals surface area (Å²) in [4.78, 5) is 8.04. The Balaban J connectivity index is 2.19. The molecular weight excluding hydrogens is 264 g/mol. The van der Waals surface area contributed by atoms with Gasteiger partial charge in [-0.25, -0.2) is 9.97 Å². The average molecular weight is 279 g/mol. The summed E-state index contributed by atoms with van der Waals surface area (Å²) in [5.41, 5.74) is 1.86. The van der Waals surface area contributed by atoms with E-state index in [2.05, 4.69) is 9.97 Å². The van der Waals surface area contributed by atoms with Crippen LogP contribution in [0.1, 0.15) is 18.1 Å². The van der Waals surface area contributed by atoms with E-state index < -0.39 is 0 Å². The molecule has 2 aromatic rings. The van der Waals surface area contributed by atoms with Crippen LogP contribution in [0.25, 0.3) is 0 Å². The number of benzene rings is 1. The molecule has 0 spiro atoms. The van der Waals surface area contributed by atoms with Crippen molar-refractivity contribution in [2.45, 2.75) is 19.8 Å². The number of aromatic nitrogens is 2. The molecule has 1 aromatic heterocycles. The van der Waals surface area contributed by atoms with E-state index in [0.717, 1.165) is 11.1 Å². The minimum atomic E-state index is 0.141. The summed E-state index contributed by atoms with van der Waals surface area (Å²) < 4.78 is 5.72. The van der Waals surface area contributed by atoms with E-state index in [1.165, 1.54) is 6.33 Å². The predicted octanol–water partition coefficient (Wildman–Crippen LogP) is 3.02. The van der Waals surface area contributed by atoms with Crippen molar-refractivity contribution in [3.63, 3.8) is 0 Å². The Hall–Kier alpha value is -1.65. The van der Waals surface area contributed by atoms with Crippen LogP contribution < -0.4 is 4.74 Å². The van der Waals surface area contributed by atoms with Gasteiger partial charge in [-0.2, -0.15) is 0 Å². The first-order valence-electron chi connectivity index (χ1n) is 6.11. The van der Waals surface area contributed by atoms with E-state index in [1.807, 2.05) is 31.2 Å². The van der Waals surface area contributed by atoms with Crippen LogP contribution in [0.4, 0.5) is 0 Å². The van der Waals surface area contributed by atoms with Gasteiger partial charge in [-0.3, -0.25) is 0 Å². The van der Waals surface area contributed by atoms with Crippen molar-refractivity contribution < 1.29 is 9.84 Å². The van der Waals surface area contributed by atoms with Gasteiger partial charge in [0.2, 0.25) is 5.88 Å². The standard InChI is InChI=1S/C14H15ClN2O2/c1-2-12-13(15)16-9-17-14(12)19-11-5-3-10(4-6-11)7-8-18/h3-6,9,18H,2,7-8H2,1H3. The van der Waals surface area contributed by atoms with Crippen LogP contribution in [0.15, 0.2) is 30.6 Å². The molecule has 2 rings (SSSR count). The molecule has 1 N–H and O–H groups in total. The fraction of sp³-hybridized carbons (Fsp3) is 0.286. The summed E-state index contributed by atoms with van der Waals surface area (Å²) in [7, 11) is 0. The molecule has 0 saturated carbocycles. The van der Waals surface area contributed by atoms with Crippen molar-refractivity contribution in [2.75, 3.05) is 6.61 Å². The number of nitrogens with zero attached hydrogens (tertiary/aromatic N) is 2. The maximum absolute atomic E-state index is 8.86. The molecule has 1 aromatic carbocycles. The predicted molar refractivity (Wildman–Crippen MR) is 73.7 cm³/mol. The molecule has 0 atom stereocenters. The Morgan fingerprint density at radius 2 is 1.95 bits per heavy atom. The highest BCUT2D eigenvalue weighted by atomic mass is 35.5. The Labute approximate surface area is 117 Å². The number of aliphatic hydroxyl groups excluding tert-OH is 1. The maximum Gasteiger partial charge on any atom is 0.226 e. The third kappa shape index (κ3) is 3.43. The van der Waals surface area contributed by atoms with Crippen LogP contribution >= 0.6 is 11.6 Å². The van der Waals surface area contributed by atoms with E-state index in [-0.39, 0.29) is 6.61 Å². The monoisotopic (exact) mass is 278 g/mol. The molecule has 0 aliphatic rings. The number of halogens is 1. The van der Waals surface area contributed by atoms with E-state index >= 15 is 0 Å². The zero-order valence-electron chi connectivity index (χ0n) is 10.6. The topological polar surface area (TPSA) is 55.2 Å². The van der Waals surface area contributed by atoms with Crippen LogP contribution in [0.2, 0.25) is 5.15 Å². The van der Waals surface area contributed by atoms with Gasteiger partial charge in [-0.1, -0.05) is 30.7 Å². The Bertz CT molecular complexity index is 544. The molecule has 0 radical (unpaired) electrons. The highest BCUT2D eigenvalue weighted by molar-refractivity contribution is 6.30. The number of rotatable bonds is 5. The zero-order chi connectivity index (χ0) is 13.7. The lowest BCUT2D eigenvalue weighted by Gasteiger charge is -2.09. The molecule has 5 heteroatoms. The third-order valence-electron chi connectivity index (χ3n) is 2.75. The summed E-state index contributed by atoms with van der Waals surface area (Å²) >= 11 is 6.00. The molecule has 0 bridgehead atoms. The lowest BCUT2D eigenvalue weighted by molar-refractivity contribution is 0.299. The van der Waals surface area contributed by atoms with Gasteiger partial charge in [0, 0.05) is 6.61 Å². The quantitative estimate of drug-likeness (QED) is 0.854. The molecule has 0 aliphatic heterocycles. The zero-order valence-corrected chi connectivity index (χ0v) is 11.4. The molecule has 0 aliphatic carbocycles. The smallest absolute Gasteiger partial charge is 0.226 e. The number of hydrogen-bond acceptors (Lipinski definition) is 4. The lowest BCUT2D eigenvalue weighted by Crippen LogP contribution is -1.97. The van der Waals surface area contributed by atoms with Crippen molar-refractivity contribution in [1.29, 1.82) is 0 Å². The van der Waals surface area contributed by atoms with Crippen LogP contribution in [-0.4, -0.2) is 21.7 Å². The van der Waals surface area contributed by atoms with Crippen LogP contribution in [0.5, 0.6) is 11.6 Å². The van der Waals surface area contributed by atoms with Gasteiger partial charge in [0.05, 0.1) is 5.56 Å². The van der Waals surface area contributed by atoms with Gasteiger partial charge < -0.3 is 9.84 Å². The van der Waals surface area contributed by atoms with Crippen molar-refractivity contribution in [3.05, 3.63) is 46.9 Å². The SMILES string of the molecule is CCc1c(Cl)ncnc1Oc1ccc(CCO)cc1. The van der Waals surface area contributed by atoms with Crippen molar-refractivity contribution in [2.24, 2.45) is 0 Å². The highest BCUT2D eigenvalue weighted by Gasteiger charge is 2.10. The largest absolute Gasteiger partial charge is 0.439 e. The second-order valence-electron chi connectivity index (χ2n) is 4.02. The molecule has 0 amide bonds. The van der Waals surface area contributed by atoms with Gasteiger partial charge in [0.15, 0.2) is 0 Å². The second-order valence-corrected chi connectivity index (χ2v) is 4.38. The normalized spacial score (nSPS) is 10.5. The molecule has 1 heterocycles.